The predicted molar refractivity (Wildman–Crippen MR) is 90.1 cm³/mol. The number of ether oxygens (including phenoxy) is 1. The number of rotatable bonds is 6. The van der Waals surface area contributed by atoms with Crippen molar-refractivity contribution < 1.29 is 18.7 Å². The van der Waals surface area contributed by atoms with E-state index in [1.165, 1.54) is 30.7 Å². The molecule has 0 unspecified atom stereocenters. The second-order valence-corrected chi connectivity index (χ2v) is 5.48. The first kappa shape index (κ1) is 17.7. The van der Waals surface area contributed by atoms with Crippen molar-refractivity contribution in [3.8, 4) is 0 Å². The van der Waals surface area contributed by atoms with Gasteiger partial charge in [0.1, 0.15) is 5.82 Å². The number of hydrogen-bond acceptors (Lipinski definition) is 3. The quantitative estimate of drug-likeness (QED) is 0.825. The van der Waals surface area contributed by atoms with E-state index in [2.05, 4.69) is 5.32 Å². The van der Waals surface area contributed by atoms with Gasteiger partial charge in [0.2, 0.25) is 0 Å². The van der Waals surface area contributed by atoms with Gasteiger partial charge in [-0.05, 0) is 48.7 Å². The Morgan fingerprint density at radius 3 is 2.46 bits per heavy atom. The lowest BCUT2D eigenvalue weighted by Crippen LogP contribution is -2.30. The molecule has 0 saturated heterocycles. The minimum absolute atomic E-state index is 0.0828. The summed E-state index contributed by atoms with van der Waals surface area (Å²) in [6, 6.07) is 13.2. The molecule has 1 amide bonds. The molecule has 0 aliphatic rings. The molecule has 0 spiro atoms. The van der Waals surface area contributed by atoms with Crippen molar-refractivity contribution in [1.82, 2.24) is 0 Å². The zero-order chi connectivity index (χ0) is 17.5. The number of carbonyl (C=O) groups excluding carboxylic acids is 2. The SMILES string of the molecule is CCc1ccc(NC(=O)[C@@H](C)OC(=O)Cc2cccc(F)c2)cc1. The van der Waals surface area contributed by atoms with Gasteiger partial charge in [0.15, 0.2) is 6.10 Å². The molecule has 5 heteroatoms. The lowest BCUT2D eigenvalue weighted by molar-refractivity contribution is -0.152. The fourth-order valence-electron chi connectivity index (χ4n) is 2.17. The second kappa shape index (κ2) is 8.24. The third kappa shape index (κ3) is 5.19. The van der Waals surface area contributed by atoms with Gasteiger partial charge < -0.3 is 10.1 Å². The lowest BCUT2D eigenvalue weighted by atomic mass is 10.1. The minimum atomic E-state index is -0.933. The highest BCUT2D eigenvalue weighted by molar-refractivity contribution is 5.95. The molecule has 0 aliphatic heterocycles. The van der Waals surface area contributed by atoms with E-state index < -0.39 is 23.8 Å². The molecule has 0 bridgehead atoms. The van der Waals surface area contributed by atoms with Crippen molar-refractivity contribution in [3.05, 3.63) is 65.5 Å². The van der Waals surface area contributed by atoms with Gasteiger partial charge in [0, 0.05) is 5.69 Å². The molecule has 0 aliphatic carbocycles. The molecule has 2 aromatic rings. The normalized spacial score (nSPS) is 11.6. The molecule has 2 aromatic carbocycles. The predicted octanol–water partition coefficient (Wildman–Crippen LogP) is 3.50. The van der Waals surface area contributed by atoms with Crippen LogP contribution < -0.4 is 5.32 Å². The summed E-state index contributed by atoms with van der Waals surface area (Å²) < 4.78 is 18.2. The maximum Gasteiger partial charge on any atom is 0.311 e. The average Bonchev–Trinajstić information content (AvgIpc) is 2.55. The molecule has 126 valence electrons. The van der Waals surface area contributed by atoms with Crippen LogP contribution in [-0.4, -0.2) is 18.0 Å². The monoisotopic (exact) mass is 329 g/mol. The highest BCUT2D eigenvalue weighted by Crippen LogP contribution is 2.11. The minimum Gasteiger partial charge on any atom is -0.452 e. The fourth-order valence-corrected chi connectivity index (χ4v) is 2.17. The molecule has 0 aromatic heterocycles. The molecule has 0 saturated carbocycles. The van der Waals surface area contributed by atoms with E-state index in [1.807, 2.05) is 19.1 Å². The van der Waals surface area contributed by atoms with E-state index in [4.69, 9.17) is 4.74 Å². The van der Waals surface area contributed by atoms with Gasteiger partial charge in [-0.1, -0.05) is 31.2 Å². The van der Waals surface area contributed by atoms with Crippen LogP contribution in [0, 0.1) is 5.82 Å². The lowest BCUT2D eigenvalue weighted by Gasteiger charge is -2.14. The van der Waals surface area contributed by atoms with Crippen molar-refractivity contribution in [2.45, 2.75) is 32.8 Å². The molecule has 1 N–H and O–H groups in total. The van der Waals surface area contributed by atoms with Crippen LogP contribution in [0.15, 0.2) is 48.5 Å². The van der Waals surface area contributed by atoms with E-state index in [1.54, 1.807) is 18.2 Å². The molecule has 1 atom stereocenters. The topological polar surface area (TPSA) is 55.4 Å². The van der Waals surface area contributed by atoms with Gasteiger partial charge in [-0.25, -0.2) is 4.39 Å². The number of hydrogen-bond donors (Lipinski definition) is 1. The number of halogens is 1. The zero-order valence-electron chi connectivity index (χ0n) is 13.7. The van der Waals surface area contributed by atoms with Crippen molar-refractivity contribution in [2.24, 2.45) is 0 Å². The number of esters is 1. The molecule has 2 rings (SSSR count). The van der Waals surface area contributed by atoms with E-state index in [-0.39, 0.29) is 6.42 Å². The Labute approximate surface area is 140 Å². The molecular formula is C19H20FNO3. The highest BCUT2D eigenvalue weighted by Gasteiger charge is 2.18. The van der Waals surface area contributed by atoms with Crippen LogP contribution in [0.25, 0.3) is 0 Å². The largest absolute Gasteiger partial charge is 0.452 e. The molecule has 0 fully saturated rings. The third-order valence-corrected chi connectivity index (χ3v) is 3.54. The van der Waals surface area contributed by atoms with Crippen LogP contribution >= 0.6 is 0 Å². The van der Waals surface area contributed by atoms with Crippen LogP contribution in [-0.2, 0) is 27.2 Å². The first-order valence-electron chi connectivity index (χ1n) is 7.81. The summed E-state index contributed by atoms with van der Waals surface area (Å²) in [6.45, 7) is 3.55. The summed E-state index contributed by atoms with van der Waals surface area (Å²) in [5, 5.41) is 2.70. The summed E-state index contributed by atoms with van der Waals surface area (Å²) in [5.41, 5.74) is 2.32. The number of benzene rings is 2. The van der Waals surface area contributed by atoms with Gasteiger partial charge in [0.25, 0.3) is 5.91 Å². The maximum atomic E-state index is 13.1. The van der Waals surface area contributed by atoms with Crippen LogP contribution in [0.3, 0.4) is 0 Å². The summed E-state index contributed by atoms with van der Waals surface area (Å²) in [4.78, 5) is 23.9. The van der Waals surface area contributed by atoms with Gasteiger partial charge in [0.05, 0.1) is 6.42 Å². The van der Waals surface area contributed by atoms with Crippen molar-refractivity contribution >= 4 is 17.6 Å². The molecule has 4 nitrogen and oxygen atoms in total. The zero-order valence-corrected chi connectivity index (χ0v) is 13.7. The molecule has 0 heterocycles. The number of anilines is 1. The van der Waals surface area contributed by atoms with Gasteiger partial charge in [-0.2, -0.15) is 0 Å². The van der Waals surface area contributed by atoms with Crippen LogP contribution in [0.4, 0.5) is 10.1 Å². The Morgan fingerprint density at radius 1 is 1.12 bits per heavy atom. The highest BCUT2D eigenvalue weighted by atomic mass is 19.1. The van der Waals surface area contributed by atoms with Crippen molar-refractivity contribution in [1.29, 1.82) is 0 Å². The Hall–Kier alpha value is -2.69. The Balaban J connectivity index is 1.87. The van der Waals surface area contributed by atoms with E-state index in [0.29, 0.717) is 11.3 Å². The fraction of sp³-hybridized carbons (Fsp3) is 0.263. The standard InChI is InChI=1S/C19H20FNO3/c1-3-14-7-9-17(10-8-14)21-19(23)13(2)24-18(22)12-15-5-4-6-16(20)11-15/h4-11,13H,3,12H2,1-2H3,(H,21,23)/t13-/m1/s1. The van der Waals surface area contributed by atoms with Gasteiger partial charge in [-0.3, -0.25) is 9.59 Å². The van der Waals surface area contributed by atoms with Crippen molar-refractivity contribution in [3.63, 3.8) is 0 Å². The number of amides is 1. The molecule has 24 heavy (non-hydrogen) atoms. The molecule has 0 radical (unpaired) electrons. The van der Waals surface area contributed by atoms with Gasteiger partial charge >= 0.3 is 5.97 Å². The van der Waals surface area contributed by atoms with E-state index in [9.17, 15) is 14.0 Å². The van der Waals surface area contributed by atoms with Crippen LogP contribution in [0.5, 0.6) is 0 Å². The first-order chi connectivity index (χ1) is 11.5. The number of nitrogens with one attached hydrogen (secondary N) is 1. The summed E-state index contributed by atoms with van der Waals surface area (Å²) in [6.07, 6.45) is -0.0972. The second-order valence-electron chi connectivity index (χ2n) is 5.48. The Morgan fingerprint density at radius 2 is 1.83 bits per heavy atom. The van der Waals surface area contributed by atoms with Crippen LogP contribution in [0.1, 0.15) is 25.0 Å². The summed E-state index contributed by atoms with van der Waals surface area (Å²) >= 11 is 0. The average molecular weight is 329 g/mol. The maximum absolute atomic E-state index is 13.1. The van der Waals surface area contributed by atoms with E-state index >= 15 is 0 Å². The third-order valence-electron chi connectivity index (χ3n) is 3.54. The van der Waals surface area contributed by atoms with E-state index in [0.717, 1.165) is 6.42 Å². The van der Waals surface area contributed by atoms with Crippen molar-refractivity contribution in [2.75, 3.05) is 5.32 Å². The number of carbonyl (C=O) groups is 2. The Bertz CT molecular complexity index is 713. The first-order valence-corrected chi connectivity index (χ1v) is 7.81. The summed E-state index contributed by atoms with van der Waals surface area (Å²) in [7, 11) is 0. The Kier molecular flexibility index (Phi) is 6.07. The smallest absolute Gasteiger partial charge is 0.311 e. The van der Waals surface area contributed by atoms with Crippen LogP contribution in [0.2, 0.25) is 0 Å². The summed E-state index contributed by atoms with van der Waals surface area (Å²) in [5.74, 6) is -1.40. The number of aryl methyl sites for hydroxylation is 1. The van der Waals surface area contributed by atoms with Gasteiger partial charge in [-0.15, -0.1) is 0 Å². The molecular weight excluding hydrogens is 309 g/mol.